The van der Waals surface area contributed by atoms with E-state index in [-0.39, 0.29) is 13.0 Å². The van der Waals surface area contributed by atoms with Gasteiger partial charge in [0, 0.05) is 13.0 Å². The summed E-state index contributed by atoms with van der Waals surface area (Å²) < 4.78 is 33.3. The van der Waals surface area contributed by atoms with E-state index in [9.17, 15) is 19.0 Å². The molecule has 0 radical (unpaired) electrons. The minimum absolute atomic E-state index is 0.00389. The van der Waals surface area contributed by atoms with Gasteiger partial charge >= 0.3 is 19.8 Å². The predicted octanol–water partition coefficient (Wildman–Crippen LogP) is 11.3. The van der Waals surface area contributed by atoms with Crippen molar-refractivity contribution in [3.8, 4) is 0 Å². The van der Waals surface area contributed by atoms with E-state index in [1.54, 1.807) is 0 Å². The van der Waals surface area contributed by atoms with Crippen LogP contribution in [-0.4, -0.2) is 60.5 Å². The molecule has 0 spiro atoms. The van der Waals surface area contributed by atoms with Gasteiger partial charge in [0.1, 0.15) is 12.1 Å². The number of carbonyl (C=O) groups excluding carboxylic acids is 1. The lowest BCUT2D eigenvalue weighted by Crippen LogP contribution is -2.34. The second kappa shape index (κ2) is 38.5. The van der Waals surface area contributed by atoms with Crippen molar-refractivity contribution in [1.82, 2.24) is 0 Å². The maximum Gasteiger partial charge on any atom is 0.472 e. The fraction of sp³-hybridized carbons (Fsp3) is 0.810. The normalized spacial score (nSPS) is 14.3. The molecule has 0 aromatic heterocycles. The zero-order valence-electron chi connectivity index (χ0n) is 33.6. The second-order valence-corrected chi connectivity index (χ2v) is 15.5. The minimum atomic E-state index is -4.62. The third kappa shape index (κ3) is 38.3. The fourth-order valence-corrected chi connectivity index (χ4v) is 6.45. The monoisotopic (exact) mass is 772 g/mol. The van der Waals surface area contributed by atoms with Gasteiger partial charge in [-0.15, -0.1) is 0 Å². The number of ether oxygens (including phenoxy) is 2. The van der Waals surface area contributed by atoms with Crippen LogP contribution in [0.4, 0.5) is 0 Å². The number of phosphoric ester groups is 1. The molecule has 0 rings (SSSR count). The summed E-state index contributed by atoms with van der Waals surface area (Å²) in [5.41, 5.74) is 5.35. The highest BCUT2D eigenvalue weighted by atomic mass is 31.2. The molecule has 0 bridgehead atoms. The van der Waals surface area contributed by atoms with Gasteiger partial charge in [-0.3, -0.25) is 18.6 Å². The number of esters is 1. The van der Waals surface area contributed by atoms with Gasteiger partial charge in [-0.1, -0.05) is 166 Å². The smallest absolute Gasteiger partial charge is 0.472 e. The number of phosphoric acid groups is 1. The van der Waals surface area contributed by atoms with Crippen LogP contribution >= 0.6 is 7.82 Å². The summed E-state index contributed by atoms with van der Waals surface area (Å²) in [5, 5.41) is 8.88. The molecule has 0 fully saturated rings. The highest BCUT2D eigenvalue weighted by Gasteiger charge is 2.27. The molecule has 0 saturated carbocycles. The number of unbranched alkanes of at least 4 members (excludes halogenated alkanes) is 20. The molecule has 0 aliphatic heterocycles. The first-order valence-corrected chi connectivity index (χ1v) is 22.5. The Morgan fingerprint density at radius 1 is 0.623 bits per heavy atom. The highest BCUT2D eigenvalue weighted by Crippen LogP contribution is 2.43. The predicted molar refractivity (Wildman–Crippen MR) is 217 cm³/mol. The topological polar surface area (TPSA) is 155 Å². The van der Waals surface area contributed by atoms with Gasteiger partial charge in [0.05, 0.1) is 19.8 Å². The number of carboxylic acid groups (broad SMARTS) is 1. The molecule has 310 valence electrons. The van der Waals surface area contributed by atoms with Crippen molar-refractivity contribution >= 4 is 19.8 Å². The Bertz CT molecular complexity index is 988. The summed E-state index contributed by atoms with van der Waals surface area (Å²) in [6.07, 6.45) is 42.0. The molecule has 10 nitrogen and oxygen atoms in total. The molecule has 0 aliphatic rings. The lowest BCUT2D eigenvalue weighted by atomic mass is 10.0. The van der Waals surface area contributed by atoms with Crippen LogP contribution in [0.5, 0.6) is 0 Å². The SMILES string of the molecule is CC/C=C\C/C=C\C/C=C\CCCCCCOCC(COP(=O)(O)OCC(N)C(=O)O)OC(=O)CCCCCCCCCCCCCCCCCCC. The third-order valence-corrected chi connectivity index (χ3v) is 9.88. The van der Waals surface area contributed by atoms with Crippen molar-refractivity contribution in [3.05, 3.63) is 36.5 Å². The zero-order chi connectivity index (χ0) is 39.1. The number of hydrogen-bond donors (Lipinski definition) is 3. The molecular formula is C42H78NO9P. The summed E-state index contributed by atoms with van der Waals surface area (Å²) in [4.78, 5) is 33.5. The van der Waals surface area contributed by atoms with Gasteiger partial charge in [0.15, 0.2) is 0 Å². The van der Waals surface area contributed by atoms with Crippen LogP contribution < -0.4 is 5.73 Å². The molecular weight excluding hydrogens is 693 g/mol. The number of nitrogens with two attached hydrogens (primary N) is 1. The summed E-state index contributed by atoms with van der Waals surface area (Å²) in [5.74, 6) is -1.79. The lowest BCUT2D eigenvalue weighted by Gasteiger charge is -2.20. The first-order valence-electron chi connectivity index (χ1n) is 21.0. The van der Waals surface area contributed by atoms with E-state index in [1.807, 2.05) is 0 Å². The first kappa shape index (κ1) is 51.2. The van der Waals surface area contributed by atoms with Gasteiger partial charge in [-0.25, -0.2) is 4.57 Å². The molecule has 53 heavy (non-hydrogen) atoms. The molecule has 4 N–H and O–H groups in total. The largest absolute Gasteiger partial charge is 0.480 e. The Balaban J connectivity index is 4.26. The number of aliphatic carboxylic acids is 1. The second-order valence-electron chi connectivity index (χ2n) is 14.1. The molecule has 0 saturated heterocycles. The Kier molecular flexibility index (Phi) is 37.2. The summed E-state index contributed by atoms with van der Waals surface area (Å²) in [6.45, 7) is 3.72. The van der Waals surface area contributed by atoms with E-state index in [0.29, 0.717) is 13.0 Å². The molecule has 0 aromatic carbocycles. The first-order chi connectivity index (χ1) is 25.7. The van der Waals surface area contributed by atoms with E-state index in [0.717, 1.165) is 64.2 Å². The van der Waals surface area contributed by atoms with E-state index >= 15 is 0 Å². The van der Waals surface area contributed by atoms with Crippen molar-refractivity contribution in [1.29, 1.82) is 0 Å². The van der Waals surface area contributed by atoms with Gasteiger partial charge in [0.25, 0.3) is 0 Å². The Hall–Kier alpha value is -1.81. The van der Waals surface area contributed by atoms with Crippen molar-refractivity contribution in [2.45, 2.75) is 193 Å². The standard InChI is InChI=1S/C42H78NO9P/c1-3-5-7-9-11-13-15-17-19-20-21-22-24-26-28-30-32-34-41(44)52-39(37-50-53(47,48)51-38-40(43)42(45)46)36-49-35-33-31-29-27-25-23-18-16-14-12-10-8-6-4-2/h6,8,12,14,18,23,39-40H,3-5,7,9-11,13,15-17,19-22,24-38,43H2,1-2H3,(H,45,46)(H,47,48)/b8-6-,14-12-,23-18-. The fourth-order valence-electron chi connectivity index (χ4n) is 5.68. The summed E-state index contributed by atoms with van der Waals surface area (Å²) in [7, 11) is -4.62. The molecule has 0 heterocycles. The van der Waals surface area contributed by atoms with Crippen molar-refractivity contribution < 1.29 is 42.7 Å². The average molecular weight is 772 g/mol. The number of rotatable bonds is 40. The average Bonchev–Trinajstić information content (AvgIpc) is 3.13. The summed E-state index contributed by atoms with van der Waals surface area (Å²) >= 11 is 0. The van der Waals surface area contributed by atoms with E-state index in [2.05, 4.69) is 50.3 Å². The van der Waals surface area contributed by atoms with Crippen LogP contribution in [0, 0.1) is 0 Å². The quantitative estimate of drug-likeness (QED) is 0.0237. The number of carbonyl (C=O) groups is 2. The van der Waals surface area contributed by atoms with Crippen molar-refractivity contribution in [2.75, 3.05) is 26.4 Å². The third-order valence-electron chi connectivity index (χ3n) is 8.93. The van der Waals surface area contributed by atoms with Gasteiger partial charge in [0.2, 0.25) is 0 Å². The molecule has 0 aliphatic carbocycles. The van der Waals surface area contributed by atoms with Crippen LogP contribution in [0.25, 0.3) is 0 Å². The highest BCUT2D eigenvalue weighted by molar-refractivity contribution is 7.47. The molecule has 0 aromatic rings. The van der Waals surface area contributed by atoms with E-state index in [1.165, 1.54) is 89.9 Å². The maximum absolute atomic E-state index is 12.6. The molecule has 3 atom stereocenters. The van der Waals surface area contributed by atoms with Crippen molar-refractivity contribution in [3.63, 3.8) is 0 Å². The zero-order valence-corrected chi connectivity index (χ0v) is 34.5. The van der Waals surface area contributed by atoms with Crippen LogP contribution in [0.15, 0.2) is 36.5 Å². The Morgan fingerprint density at radius 2 is 1.09 bits per heavy atom. The minimum Gasteiger partial charge on any atom is -0.480 e. The van der Waals surface area contributed by atoms with E-state index < -0.39 is 45.1 Å². The molecule has 11 heteroatoms. The number of hydrogen-bond acceptors (Lipinski definition) is 8. The van der Waals surface area contributed by atoms with Gasteiger partial charge in [-0.05, 0) is 44.9 Å². The van der Waals surface area contributed by atoms with Crippen LogP contribution in [-0.2, 0) is 32.7 Å². The number of carboxylic acids is 1. The molecule has 3 unspecified atom stereocenters. The number of allylic oxidation sites excluding steroid dienone is 6. The van der Waals surface area contributed by atoms with Gasteiger partial charge < -0.3 is 25.2 Å². The van der Waals surface area contributed by atoms with Crippen LogP contribution in [0.1, 0.15) is 181 Å². The van der Waals surface area contributed by atoms with Crippen LogP contribution in [0.3, 0.4) is 0 Å². The molecule has 0 amide bonds. The van der Waals surface area contributed by atoms with E-state index in [4.69, 9.17) is 29.4 Å². The maximum atomic E-state index is 12.6. The lowest BCUT2D eigenvalue weighted by molar-refractivity contribution is -0.154. The Morgan fingerprint density at radius 3 is 1.64 bits per heavy atom. The van der Waals surface area contributed by atoms with Crippen LogP contribution in [0.2, 0.25) is 0 Å². The van der Waals surface area contributed by atoms with Crippen molar-refractivity contribution in [2.24, 2.45) is 5.73 Å². The Labute approximate surface area is 323 Å². The summed E-state index contributed by atoms with van der Waals surface area (Å²) in [6, 6.07) is -1.48. The van der Waals surface area contributed by atoms with Gasteiger partial charge in [-0.2, -0.15) is 0 Å².